The molecule has 0 unspecified atom stereocenters. The number of nitrogens with two attached hydrogens (primary N) is 3. The highest BCUT2D eigenvalue weighted by molar-refractivity contribution is 5.83. The second kappa shape index (κ2) is 12.9. The minimum atomic E-state index is -0.322. The number of nitrogens with one attached hydrogen (secondary N) is 2. The van der Waals surface area contributed by atoms with Crippen LogP contribution < -0.4 is 28.2 Å². The van der Waals surface area contributed by atoms with Gasteiger partial charge in [0.15, 0.2) is 5.96 Å². The van der Waals surface area contributed by atoms with Crippen molar-refractivity contribution in [3.05, 3.63) is 81.9 Å². The van der Waals surface area contributed by atoms with E-state index < -0.39 is 0 Å². The number of H-pyrrole nitrogens is 1. The van der Waals surface area contributed by atoms with Crippen molar-refractivity contribution in [3.63, 3.8) is 0 Å². The second-order valence-electron chi connectivity index (χ2n) is 11.3. The molecule has 0 bridgehead atoms. The number of hydrogen-bond acceptors (Lipinski definition) is 5. The van der Waals surface area contributed by atoms with Crippen LogP contribution in [0.4, 0.5) is 0 Å². The third-order valence-electron chi connectivity index (χ3n) is 6.95. The van der Waals surface area contributed by atoms with Crippen molar-refractivity contribution in [1.82, 2.24) is 19.9 Å². The average molecular weight is 543 g/mol. The van der Waals surface area contributed by atoms with E-state index in [1.54, 1.807) is 4.57 Å². The van der Waals surface area contributed by atoms with Crippen LogP contribution >= 0.6 is 0 Å². The Morgan fingerprint density at radius 1 is 1.02 bits per heavy atom. The molecule has 4 aromatic rings. The number of aromatic nitrogens is 3. The van der Waals surface area contributed by atoms with Crippen molar-refractivity contribution in [2.75, 3.05) is 19.6 Å². The maximum atomic E-state index is 13.0. The van der Waals surface area contributed by atoms with Crippen LogP contribution in [0.15, 0.2) is 64.5 Å². The van der Waals surface area contributed by atoms with Crippen LogP contribution in [0.2, 0.25) is 0 Å². The molecule has 40 heavy (non-hydrogen) atoms. The number of rotatable bonds is 12. The molecule has 2 aromatic heterocycles. The minimum absolute atomic E-state index is 0.0172. The number of benzene rings is 2. The van der Waals surface area contributed by atoms with Gasteiger partial charge in [-0.05, 0) is 96.8 Å². The Hall–Kier alpha value is -3.95. The fourth-order valence-electron chi connectivity index (χ4n) is 4.65. The summed E-state index contributed by atoms with van der Waals surface area (Å²) >= 11 is 0. The molecular formula is C31H42N8O. The van der Waals surface area contributed by atoms with E-state index in [1.165, 1.54) is 11.1 Å². The number of aryl methyl sites for hydroxylation is 1. The summed E-state index contributed by atoms with van der Waals surface area (Å²) < 4.78 is 1.59. The molecular weight excluding hydrogens is 500 g/mol. The van der Waals surface area contributed by atoms with Crippen LogP contribution in [0.1, 0.15) is 56.7 Å². The maximum Gasteiger partial charge on any atom is 0.354 e. The molecule has 9 nitrogen and oxygen atoms in total. The molecule has 0 atom stereocenters. The normalized spacial score (nSPS) is 11.7. The highest BCUT2D eigenvalue weighted by Gasteiger charge is 2.17. The summed E-state index contributed by atoms with van der Waals surface area (Å²) in [7, 11) is 0. The van der Waals surface area contributed by atoms with Gasteiger partial charge in [0, 0.05) is 30.4 Å². The second-order valence-corrected chi connectivity index (χ2v) is 11.3. The van der Waals surface area contributed by atoms with Gasteiger partial charge in [0.25, 0.3) is 0 Å². The van der Waals surface area contributed by atoms with Crippen LogP contribution in [-0.4, -0.2) is 40.1 Å². The average Bonchev–Trinajstić information content (AvgIpc) is 3.33. The number of aliphatic imine (C=N–C) groups is 1. The Morgan fingerprint density at radius 2 is 1.80 bits per heavy atom. The Labute approximate surface area is 235 Å². The Morgan fingerprint density at radius 3 is 2.50 bits per heavy atom. The van der Waals surface area contributed by atoms with Gasteiger partial charge in [0.1, 0.15) is 5.65 Å². The van der Waals surface area contributed by atoms with E-state index in [9.17, 15) is 4.79 Å². The third kappa shape index (κ3) is 7.58. The number of guanidine groups is 1. The van der Waals surface area contributed by atoms with E-state index in [-0.39, 0.29) is 17.1 Å². The van der Waals surface area contributed by atoms with Crippen molar-refractivity contribution in [3.8, 4) is 16.9 Å². The van der Waals surface area contributed by atoms with E-state index in [0.29, 0.717) is 18.7 Å². The zero-order valence-electron chi connectivity index (χ0n) is 23.8. The van der Waals surface area contributed by atoms with E-state index in [2.05, 4.69) is 65.3 Å². The lowest BCUT2D eigenvalue weighted by molar-refractivity contribution is 0.589. The molecule has 0 spiro atoms. The number of fused-ring (bicyclic) bond motifs is 1. The van der Waals surface area contributed by atoms with Crippen molar-refractivity contribution in [2.45, 2.75) is 58.4 Å². The van der Waals surface area contributed by atoms with Crippen molar-refractivity contribution in [1.29, 1.82) is 0 Å². The molecule has 0 aliphatic heterocycles. The lowest BCUT2D eigenvalue weighted by Crippen LogP contribution is -2.23. The first kappa shape index (κ1) is 29.0. The van der Waals surface area contributed by atoms with E-state index in [4.69, 9.17) is 17.2 Å². The minimum Gasteiger partial charge on any atom is -0.370 e. The van der Waals surface area contributed by atoms with Gasteiger partial charge in [0.05, 0.1) is 5.69 Å². The van der Waals surface area contributed by atoms with Gasteiger partial charge in [-0.2, -0.15) is 4.98 Å². The van der Waals surface area contributed by atoms with Crippen LogP contribution in [0.25, 0.3) is 28.0 Å². The van der Waals surface area contributed by atoms with Gasteiger partial charge < -0.3 is 27.5 Å². The molecule has 2 heterocycles. The highest BCUT2D eigenvalue weighted by atomic mass is 16.1. The summed E-state index contributed by atoms with van der Waals surface area (Å²) in [6.07, 6.45) is 5.77. The molecule has 0 saturated heterocycles. The Balaban J connectivity index is 1.54. The zero-order valence-corrected chi connectivity index (χ0v) is 23.8. The summed E-state index contributed by atoms with van der Waals surface area (Å²) in [5.74, 6) is 0.118. The Bertz CT molecular complexity index is 1510. The van der Waals surface area contributed by atoms with Gasteiger partial charge >= 0.3 is 5.69 Å². The number of nitrogens with zero attached hydrogens (tertiary/aromatic N) is 3. The first-order chi connectivity index (χ1) is 19.1. The van der Waals surface area contributed by atoms with Crippen LogP contribution in [0.5, 0.6) is 0 Å². The predicted molar refractivity (Wildman–Crippen MR) is 165 cm³/mol. The molecule has 0 fully saturated rings. The molecule has 0 aliphatic rings. The van der Waals surface area contributed by atoms with E-state index >= 15 is 0 Å². The van der Waals surface area contributed by atoms with E-state index in [1.807, 2.05) is 30.5 Å². The van der Waals surface area contributed by atoms with Crippen LogP contribution in [-0.2, 0) is 18.4 Å². The molecule has 4 rings (SSSR count). The van der Waals surface area contributed by atoms with Crippen LogP contribution in [0, 0.1) is 0 Å². The fraction of sp³-hybridized carbons (Fsp3) is 0.387. The first-order valence-electron chi connectivity index (χ1n) is 14.0. The van der Waals surface area contributed by atoms with Crippen LogP contribution in [0.3, 0.4) is 0 Å². The van der Waals surface area contributed by atoms with Gasteiger partial charge in [0.2, 0.25) is 0 Å². The number of aromatic amines is 1. The van der Waals surface area contributed by atoms with Crippen molar-refractivity contribution < 1.29 is 0 Å². The lowest BCUT2D eigenvalue weighted by Gasteiger charge is -2.21. The number of unbranched alkanes of at least 4 members (excludes halogenated alkanes) is 1. The highest BCUT2D eigenvalue weighted by Crippen LogP contribution is 2.31. The zero-order chi connectivity index (χ0) is 28.7. The number of hydrogen-bond donors (Lipinski definition) is 5. The van der Waals surface area contributed by atoms with Crippen molar-refractivity contribution in [2.24, 2.45) is 22.2 Å². The molecule has 0 saturated carbocycles. The van der Waals surface area contributed by atoms with Gasteiger partial charge in [-0.25, -0.2) is 4.79 Å². The molecule has 0 radical (unpaired) electrons. The summed E-state index contributed by atoms with van der Waals surface area (Å²) in [4.78, 5) is 24.7. The standard InChI is InChI=1S/C31H42N8O/c1-31(2,3)25-16-22(7-4-5-12-32)15-23(17-25)27-18-24-20-39(30(40)38-28(24)37-27)26-10-8-21(9-11-26)19-35-13-6-14-36-29(33)34/h8-11,15-18,20,35H,4-7,12-14,19,32H2,1-3H3,(H4,33,34,36)(H,37,38,40). The molecule has 9 heteroatoms. The van der Waals surface area contributed by atoms with Gasteiger partial charge in [-0.1, -0.05) is 39.0 Å². The molecule has 0 aliphatic carbocycles. The molecule has 8 N–H and O–H groups in total. The monoisotopic (exact) mass is 542 g/mol. The Kier molecular flexibility index (Phi) is 9.39. The van der Waals surface area contributed by atoms with Gasteiger partial charge in [-0.15, -0.1) is 0 Å². The van der Waals surface area contributed by atoms with Gasteiger partial charge in [-0.3, -0.25) is 9.56 Å². The fourth-order valence-corrected chi connectivity index (χ4v) is 4.65. The smallest absolute Gasteiger partial charge is 0.354 e. The molecule has 0 amide bonds. The predicted octanol–water partition coefficient (Wildman–Crippen LogP) is 3.71. The largest absolute Gasteiger partial charge is 0.370 e. The SMILES string of the molecule is CC(C)(C)c1cc(CCCCN)cc(-c2cc3cn(-c4ccc(CNCCCN=C(N)N)cc4)c(=O)nc3[nH]2)c1. The maximum absolute atomic E-state index is 13.0. The molecule has 212 valence electrons. The summed E-state index contributed by atoms with van der Waals surface area (Å²) in [5, 5.41) is 4.26. The summed E-state index contributed by atoms with van der Waals surface area (Å²) in [6, 6.07) is 16.8. The van der Waals surface area contributed by atoms with E-state index in [0.717, 1.165) is 66.7 Å². The third-order valence-corrected chi connectivity index (χ3v) is 6.95. The summed E-state index contributed by atoms with van der Waals surface area (Å²) in [6.45, 7) is 9.52. The lowest BCUT2D eigenvalue weighted by atomic mass is 9.84. The van der Waals surface area contributed by atoms with Crippen molar-refractivity contribution >= 4 is 17.0 Å². The quantitative estimate of drug-likeness (QED) is 0.104. The first-order valence-corrected chi connectivity index (χ1v) is 14.0. The molecule has 2 aromatic carbocycles. The topological polar surface area (TPSA) is 153 Å². The summed E-state index contributed by atoms with van der Waals surface area (Å²) in [5.41, 5.74) is 23.2.